The Kier molecular flexibility index (Phi) is 18.5. The van der Waals surface area contributed by atoms with E-state index in [1.54, 1.807) is 0 Å². The smallest absolute Gasteiger partial charge is 0.261 e. The lowest BCUT2D eigenvalue weighted by molar-refractivity contribution is -0.121. The SMILES string of the molecule is CC1C[C@]2(CO)O[C@@H](C)[C@H]1[C@@H]2O.CCCN(CCC)P(OCCC#N)O[C@H]1[C@H]2C(C)C[C@]1(CC)O[C@H]2C.CO[C@H]1[C@H]2C(C)C[C@]1(CO[Si](c1ccccc1)(c1ccccc1)C(C)(C)C)O[C@H]2C. The molecule has 2 aromatic carbocycles. The number of aliphatic hydroxyl groups excluding tert-OH is 2. The van der Waals surface area contributed by atoms with E-state index in [0.29, 0.717) is 49.2 Å². The molecule has 13 heteroatoms. The summed E-state index contributed by atoms with van der Waals surface area (Å²) in [7, 11) is -1.90. The molecule has 3 aliphatic carbocycles. The summed E-state index contributed by atoms with van der Waals surface area (Å²) in [5.41, 5.74) is -1.15. The van der Waals surface area contributed by atoms with Crippen LogP contribution < -0.4 is 10.4 Å². The zero-order valence-corrected chi connectivity index (χ0v) is 45.2. The van der Waals surface area contributed by atoms with E-state index in [1.807, 2.05) is 14.0 Å². The van der Waals surface area contributed by atoms with Crippen molar-refractivity contribution in [3.05, 3.63) is 60.7 Å². The molecule has 8 rings (SSSR count). The average Bonchev–Trinajstić information content (AvgIpc) is 4.05. The van der Waals surface area contributed by atoms with Gasteiger partial charge in [0.05, 0.1) is 68.4 Å². The van der Waals surface area contributed by atoms with Crippen LogP contribution in [0.15, 0.2) is 60.7 Å². The van der Waals surface area contributed by atoms with E-state index >= 15 is 0 Å². The summed E-state index contributed by atoms with van der Waals surface area (Å²) < 4.78 is 46.9. The molecule has 0 aromatic heterocycles. The summed E-state index contributed by atoms with van der Waals surface area (Å²) in [6.07, 6.45) is 6.68. The summed E-state index contributed by atoms with van der Waals surface area (Å²) in [6, 6.07) is 23.8. The monoisotopic (exact) mass is 967 g/mol. The summed E-state index contributed by atoms with van der Waals surface area (Å²) in [5.74, 6) is 2.78. The van der Waals surface area contributed by atoms with Crippen LogP contribution in [0.1, 0.15) is 128 Å². The van der Waals surface area contributed by atoms with Gasteiger partial charge >= 0.3 is 0 Å². The summed E-state index contributed by atoms with van der Waals surface area (Å²) in [6.45, 7) is 29.6. The fourth-order valence-corrected chi connectivity index (χ4v) is 20.2. The Balaban J connectivity index is 0.000000180. The predicted octanol–water partition coefficient (Wildman–Crippen LogP) is 9.42. The molecule has 6 fully saturated rings. The molecule has 6 aliphatic rings. The molecule has 376 valence electrons. The van der Waals surface area contributed by atoms with Gasteiger partial charge in [-0.3, -0.25) is 0 Å². The van der Waals surface area contributed by atoms with Crippen LogP contribution in [-0.2, 0) is 32.4 Å². The number of ether oxygens (including phenoxy) is 4. The Morgan fingerprint density at radius 3 is 1.66 bits per heavy atom. The van der Waals surface area contributed by atoms with Gasteiger partial charge in [0.15, 0.2) is 0 Å². The van der Waals surface area contributed by atoms with Crippen LogP contribution in [0.25, 0.3) is 0 Å². The molecule has 3 saturated carbocycles. The molecular formula is C54H87N2O9PSi. The molecule has 11 nitrogen and oxygen atoms in total. The zero-order valence-electron chi connectivity index (χ0n) is 43.3. The fraction of sp³-hybridized carbons (Fsp3) is 0.759. The van der Waals surface area contributed by atoms with E-state index in [9.17, 15) is 5.11 Å². The lowest BCUT2D eigenvalue weighted by atomic mass is 9.92. The molecule has 4 unspecified atom stereocenters. The highest BCUT2D eigenvalue weighted by atomic mass is 31.2. The van der Waals surface area contributed by atoms with E-state index in [2.05, 4.69) is 148 Å². The first-order valence-corrected chi connectivity index (χ1v) is 28.7. The van der Waals surface area contributed by atoms with E-state index in [-0.39, 0.29) is 59.3 Å². The Morgan fingerprint density at radius 2 is 1.22 bits per heavy atom. The first kappa shape index (κ1) is 54.5. The van der Waals surface area contributed by atoms with Gasteiger partial charge in [0.1, 0.15) is 17.3 Å². The number of fused-ring (bicyclic) bond motifs is 6. The summed E-state index contributed by atoms with van der Waals surface area (Å²) in [4.78, 5) is 0. The van der Waals surface area contributed by atoms with Crippen molar-refractivity contribution in [3.8, 4) is 6.07 Å². The van der Waals surface area contributed by atoms with Crippen LogP contribution in [0, 0.1) is 46.8 Å². The number of rotatable bonds is 18. The Bertz CT molecular complexity index is 1800. The van der Waals surface area contributed by atoms with Crippen LogP contribution >= 0.6 is 8.53 Å². The number of nitrogens with zero attached hydrogens (tertiary/aromatic N) is 2. The predicted molar refractivity (Wildman–Crippen MR) is 270 cm³/mol. The van der Waals surface area contributed by atoms with Gasteiger partial charge in [0.25, 0.3) is 16.8 Å². The minimum absolute atomic E-state index is 0.0389. The maximum atomic E-state index is 9.84. The first-order chi connectivity index (χ1) is 31.9. The van der Waals surface area contributed by atoms with Gasteiger partial charge in [-0.2, -0.15) is 5.26 Å². The number of methoxy groups -OCH3 is 1. The highest BCUT2D eigenvalue weighted by Gasteiger charge is 2.65. The Morgan fingerprint density at radius 1 is 0.746 bits per heavy atom. The van der Waals surface area contributed by atoms with E-state index in [4.69, 9.17) is 42.8 Å². The van der Waals surface area contributed by atoms with Crippen LogP contribution in [-0.4, -0.2) is 117 Å². The largest absolute Gasteiger partial charge is 0.404 e. The molecule has 3 heterocycles. The molecule has 6 bridgehead atoms. The second-order valence-electron chi connectivity index (χ2n) is 22.0. The molecular weight excluding hydrogens is 880 g/mol. The molecule has 67 heavy (non-hydrogen) atoms. The van der Waals surface area contributed by atoms with Crippen molar-refractivity contribution in [1.29, 1.82) is 5.26 Å². The summed E-state index contributed by atoms with van der Waals surface area (Å²) in [5, 5.41) is 30.4. The lowest BCUT2D eigenvalue weighted by Crippen LogP contribution is -2.68. The maximum absolute atomic E-state index is 9.84. The molecule has 0 radical (unpaired) electrons. The molecule has 16 atom stereocenters. The molecule has 3 saturated heterocycles. The number of benzene rings is 2. The van der Waals surface area contributed by atoms with Crippen molar-refractivity contribution < 1.29 is 42.6 Å². The van der Waals surface area contributed by atoms with Crippen molar-refractivity contribution in [2.24, 2.45) is 35.5 Å². The highest BCUT2D eigenvalue weighted by molar-refractivity contribution is 7.44. The second kappa shape index (κ2) is 22.7. The minimum Gasteiger partial charge on any atom is -0.404 e. The van der Waals surface area contributed by atoms with Gasteiger partial charge < -0.3 is 42.6 Å². The Hall–Kier alpha value is -1.82. The van der Waals surface area contributed by atoms with Gasteiger partial charge in [0, 0.05) is 38.0 Å². The van der Waals surface area contributed by atoms with Crippen LogP contribution in [0.3, 0.4) is 0 Å². The average molecular weight is 967 g/mol. The lowest BCUT2D eigenvalue weighted by Gasteiger charge is -2.45. The molecule has 3 aliphatic heterocycles. The van der Waals surface area contributed by atoms with Crippen molar-refractivity contribution >= 4 is 27.2 Å². The number of nitriles is 1. The maximum Gasteiger partial charge on any atom is 0.261 e. The molecule has 0 spiro atoms. The number of hydrogen-bond donors (Lipinski definition) is 2. The topological polar surface area (TPSA) is 132 Å². The van der Waals surface area contributed by atoms with Gasteiger partial charge in [-0.05, 0) is 92.5 Å². The third-order valence-corrected chi connectivity index (χ3v) is 23.0. The van der Waals surface area contributed by atoms with E-state index < -0.39 is 28.5 Å². The number of hydrogen-bond acceptors (Lipinski definition) is 11. The van der Waals surface area contributed by atoms with E-state index in [1.165, 1.54) is 10.4 Å². The normalized spacial score (nSPS) is 37.5. The highest BCUT2D eigenvalue weighted by Crippen LogP contribution is 2.59. The molecule has 2 aromatic rings. The fourth-order valence-electron chi connectivity index (χ4n) is 13.8. The van der Waals surface area contributed by atoms with Crippen molar-refractivity contribution in [1.82, 2.24) is 4.67 Å². The molecule has 0 amide bonds. The molecule has 2 N–H and O–H groups in total. The van der Waals surface area contributed by atoms with Crippen molar-refractivity contribution in [3.63, 3.8) is 0 Å². The van der Waals surface area contributed by atoms with Crippen LogP contribution in [0.5, 0.6) is 0 Å². The summed E-state index contributed by atoms with van der Waals surface area (Å²) >= 11 is 0. The standard InChI is InChI=1S/C26H36O3Si.C19H35N2O3P.C9H16O3/c1-19-17-26(24(27-6)23(19)20(2)29-26)18-28-30(25(3,4)5,21-13-9-7-10-14-21)22-15-11-8-12-16-22;1-6-11-21(12-7-2)25(22-13-9-10-20)24-18-17-15(4)14-19(18,8-3)23-16(17)5;1-5-3-9(4-10)8(11)7(5)6(2)12-9/h7-16,19-20,23-24H,17-18H2,1-6H3;15-18H,6-9,11-14H2,1-5H3;5-8,10-11H,3-4H2,1-2H3/t19?,20-,23-,24-,26+;15?,16-,17-,18-,19-,25?;5?,6-,7-,8-,9+/m000/s1. The zero-order chi connectivity index (χ0) is 49.0. The van der Waals surface area contributed by atoms with Crippen LogP contribution in [0.4, 0.5) is 0 Å². The third-order valence-electron chi connectivity index (χ3n) is 16.4. The van der Waals surface area contributed by atoms with Gasteiger partial charge in [-0.15, -0.1) is 0 Å². The van der Waals surface area contributed by atoms with Gasteiger partial charge in [-0.25, -0.2) is 4.67 Å². The van der Waals surface area contributed by atoms with Gasteiger partial charge in [0.2, 0.25) is 0 Å². The van der Waals surface area contributed by atoms with Crippen LogP contribution in [0.2, 0.25) is 5.04 Å². The second-order valence-corrected chi connectivity index (χ2v) is 27.8. The van der Waals surface area contributed by atoms with Gasteiger partial charge in [-0.1, -0.05) is 123 Å². The minimum atomic E-state index is -2.58. The third kappa shape index (κ3) is 10.6. The Labute approximate surface area is 407 Å². The van der Waals surface area contributed by atoms with Crippen molar-refractivity contribution in [2.75, 3.05) is 40.0 Å². The quantitative estimate of drug-likeness (QED) is 0.0842. The van der Waals surface area contributed by atoms with E-state index in [0.717, 1.165) is 51.6 Å². The first-order valence-electron chi connectivity index (χ1n) is 25.7. The number of aliphatic hydroxyl groups is 2. The van der Waals surface area contributed by atoms with Crippen molar-refractivity contribution in [2.45, 2.75) is 186 Å².